The van der Waals surface area contributed by atoms with Crippen molar-refractivity contribution in [1.29, 1.82) is 0 Å². The average Bonchev–Trinajstić information content (AvgIpc) is 3.40. The summed E-state index contributed by atoms with van der Waals surface area (Å²) in [7, 11) is 0. The number of fused-ring (bicyclic) bond motifs is 3. The Kier molecular flexibility index (Phi) is 6.49. The Morgan fingerprint density at radius 3 is 2.09 bits per heavy atom. The number of amides is 3. The van der Waals surface area contributed by atoms with Gasteiger partial charge >= 0.3 is 0 Å². The summed E-state index contributed by atoms with van der Waals surface area (Å²) in [5, 5.41) is 6.02. The lowest BCUT2D eigenvalue weighted by atomic mass is 9.85. The van der Waals surface area contributed by atoms with Gasteiger partial charge in [-0.1, -0.05) is 69.3 Å². The minimum absolute atomic E-state index is 0.173. The van der Waals surface area contributed by atoms with Crippen molar-refractivity contribution < 1.29 is 14.4 Å². The van der Waals surface area contributed by atoms with Gasteiger partial charge in [0.2, 0.25) is 17.7 Å². The van der Waals surface area contributed by atoms with E-state index in [4.69, 9.17) is 5.73 Å². The molecule has 0 bridgehead atoms. The molecule has 4 N–H and O–H groups in total. The summed E-state index contributed by atoms with van der Waals surface area (Å²) in [6.45, 7) is 7.76. The fourth-order valence-electron chi connectivity index (χ4n) is 4.94. The Bertz CT molecular complexity index is 1060. The summed E-state index contributed by atoms with van der Waals surface area (Å²) < 4.78 is 0. The number of likely N-dealkylation sites (tertiary alicyclic amines) is 1. The van der Waals surface area contributed by atoms with Gasteiger partial charge in [-0.3, -0.25) is 14.4 Å². The van der Waals surface area contributed by atoms with Crippen LogP contribution in [0.3, 0.4) is 0 Å². The van der Waals surface area contributed by atoms with E-state index < -0.39 is 23.5 Å². The molecule has 3 atom stereocenters. The summed E-state index contributed by atoms with van der Waals surface area (Å²) in [4.78, 5) is 41.1. The van der Waals surface area contributed by atoms with Crippen molar-refractivity contribution in [3.63, 3.8) is 0 Å². The standard InChI is InChI=1S/C27H34N4O3/c1-16(28)24(32)30-23(27(2,3)4)26(34)31-15-9-14-21(31)25(33)29-22-19-12-7-5-10-17(19)18-11-6-8-13-20(18)22/h5-8,10-13,16,21-23H,9,14-15,28H2,1-4H3,(H,29,33)(H,30,32). The first kappa shape index (κ1) is 24.0. The molecule has 1 saturated heterocycles. The predicted molar refractivity (Wildman–Crippen MR) is 132 cm³/mol. The number of hydrogen-bond acceptors (Lipinski definition) is 4. The van der Waals surface area contributed by atoms with Gasteiger partial charge in [0.05, 0.1) is 12.1 Å². The first-order valence-corrected chi connectivity index (χ1v) is 11.9. The van der Waals surface area contributed by atoms with Gasteiger partial charge < -0.3 is 21.3 Å². The summed E-state index contributed by atoms with van der Waals surface area (Å²) in [6, 6.07) is 13.8. The summed E-state index contributed by atoms with van der Waals surface area (Å²) >= 11 is 0. The number of nitrogens with zero attached hydrogens (tertiary/aromatic N) is 1. The maximum absolute atomic E-state index is 13.6. The second kappa shape index (κ2) is 9.22. The average molecular weight is 463 g/mol. The zero-order chi connectivity index (χ0) is 24.6. The quantitative estimate of drug-likeness (QED) is 0.635. The zero-order valence-electron chi connectivity index (χ0n) is 20.3. The minimum Gasteiger partial charge on any atom is -0.343 e. The van der Waals surface area contributed by atoms with E-state index in [1.807, 2.05) is 57.2 Å². The van der Waals surface area contributed by atoms with Crippen molar-refractivity contribution >= 4 is 17.7 Å². The lowest BCUT2D eigenvalue weighted by Crippen LogP contribution is -2.59. The molecule has 1 aliphatic heterocycles. The number of rotatable bonds is 5. The van der Waals surface area contributed by atoms with E-state index in [0.29, 0.717) is 13.0 Å². The highest BCUT2D eigenvalue weighted by Gasteiger charge is 2.43. The number of benzene rings is 2. The number of carbonyl (C=O) groups excluding carboxylic acids is 3. The smallest absolute Gasteiger partial charge is 0.246 e. The zero-order valence-corrected chi connectivity index (χ0v) is 20.3. The van der Waals surface area contributed by atoms with E-state index in [1.165, 1.54) is 0 Å². The van der Waals surface area contributed by atoms with Gasteiger partial charge in [0, 0.05) is 6.54 Å². The SMILES string of the molecule is CC(N)C(=O)NC(C(=O)N1CCCC1C(=O)NC1c2ccccc2-c2ccccc21)C(C)(C)C. The van der Waals surface area contributed by atoms with Crippen molar-refractivity contribution in [1.82, 2.24) is 15.5 Å². The van der Waals surface area contributed by atoms with E-state index in [2.05, 4.69) is 22.8 Å². The van der Waals surface area contributed by atoms with Crippen LogP contribution >= 0.6 is 0 Å². The van der Waals surface area contributed by atoms with Crippen LogP contribution in [-0.2, 0) is 14.4 Å². The fourth-order valence-corrected chi connectivity index (χ4v) is 4.94. The number of nitrogens with two attached hydrogens (primary N) is 1. The van der Waals surface area contributed by atoms with Gasteiger partial charge in [-0.05, 0) is 47.4 Å². The molecular formula is C27H34N4O3. The third-order valence-electron chi connectivity index (χ3n) is 6.77. The Labute approximate surface area is 201 Å². The number of carbonyl (C=O) groups is 3. The highest BCUT2D eigenvalue weighted by Crippen LogP contribution is 2.43. The first-order valence-electron chi connectivity index (χ1n) is 11.9. The minimum atomic E-state index is -0.771. The van der Waals surface area contributed by atoms with Crippen molar-refractivity contribution in [3.8, 4) is 11.1 Å². The van der Waals surface area contributed by atoms with Gasteiger partial charge in [0.25, 0.3) is 0 Å². The normalized spacial score (nSPS) is 19.2. The molecule has 2 aromatic rings. The second-order valence-corrected chi connectivity index (χ2v) is 10.4. The molecule has 7 heteroatoms. The molecule has 3 unspecified atom stereocenters. The molecule has 4 rings (SSSR count). The molecule has 2 aliphatic rings. The Morgan fingerprint density at radius 2 is 1.56 bits per heavy atom. The van der Waals surface area contributed by atoms with Crippen LogP contribution in [0.25, 0.3) is 11.1 Å². The fraction of sp³-hybridized carbons (Fsp3) is 0.444. The third kappa shape index (κ3) is 4.44. The Balaban J connectivity index is 1.56. The highest BCUT2D eigenvalue weighted by molar-refractivity contribution is 5.94. The van der Waals surface area contributed by atoms with Crippen molar-refractivity contribution in [3.05, 3.63) is 59.7 Å². The van der Waals surface area contributed by atoms with E-state index in [9.17, 15) is 14.4 Å². The molecule has 180 valence electrons. The van der Waals surface area contributed by atoms with Gasteiger partial charge in [0.15, 0.2) is 0 Å². The molecule has 0 saturated carbocycles. The Morgan fingerprint density at radius 1 is 1.00 bits per heavy atom. The molecule has 0 radical (unpaired) electrons. The monoisotopic (exact) mass is 462 g/mol. The van der Waals surface area contributed by atoms with Crippen LogP contribution in [0, 0.1) is 5.41 Å². The third-order valence-corrected chi connectivity index (χ3v) is 6.77. The molecule has 7 nitrogen and oxygen atoms in total. The summed E-state index contributed by atoms with van der Waals surface area (Å²) in [5.41, 5.74) is 9.55. The van der Waals surface area contributed by atoms with E-state index in [1.54, 1.807) is 11.8 Å². The molecule has 0 aromatic heterocycles. The van der Waals surface area contributed by atoms with Crippen molar-refractivity contribution in [2.45, 2.75) is 64.7 Å². The second-order valence-electron chi connectivity index (χ2n) is 10.4. The topological polar surface area (TPSA) is 105 Å². The van der Waals surface area contributed by atoms with Crippen LogP contribution in [0.4, 0.5) is 0 Å². The molecule has 34 heavy (non-hydrogen) atoms. The summed E-state index contributed by atoms with van der Waals surface area (Å²) in [6.07, 6.45) is 1.32. The lowest BCUT2D eigenvalue weighted by Gasteiger charge is -2.36. The van der Waals surface area contributed by atoms with Gasteiger partial charge in [-0.25, -0.2) is 0 Å². The molecule has 1 fully saturated rings. The van der Waals surface area contributed by atoms with Crippen LogP contribution in [0.15, 0.2) is 48.5 Å². The van der Waals surface area contributed by atoms with Crippen LogP contribution < -0.4 is 16.4 Å². The first-order chi connectivity index (χ1) is 16.1. The highest BCUT2D eigenvalue weighted by atomic mass is 16.2. The van der Waals surface area contributed by atoms with Crippen LogP contribution in [-0.4, -0.2) is 47.3 Å². The number of nitrogens with one attached hydrogen (secondary N) is 2. The predicted octanol–water partition coefficient (Wildman–Crippen LogP) is 2.74. The van der Waals surface area contributed by atoms with Crippen molar-refractivity contribution in [2.75, 3.05) is 6.54 Å². The van der Waals surface area contributed by atoms with Crippen LogP contribution in [0.1, 0.15) is 57.7 Å². The van der Waals surface area contributed by atoms with Crippen LogP contribution in [0.5, 0.6) is 0 Å². The molecule has 3 amide bonds. The maximum atomic E-state index is 13.6. The maximum Gasteiger partial charge on any atom is 0.246 e. The summed E-state index contributed by atoms with van der Waals surface area (Å²) in [5.74, 6) is -0.799. The number of hydrogen-bond donors (Lipinski definition) is 3. The van der Waals surface area contributed by atoms with Gasteiger partial charge in [-0.2, -0.15) is 0 Å². The van der Waals surface area contributed by atoms with E-state index in [-0.39, 0.29) is 23.8 Å². The lowest BCUT2D eigenvalue weighted by molar-refractivity contribution is -0.144. The van der Waals surface area contributed by atoms with E-state index in [0.717, 1.165) is 28.7 Å². The van der Waals surface area contributed by atoms with Crippen molar-refractivity contribution in [2.24, 2.45) is 11.1 Å². The van der Waals surface area contributed by atoms with Gasteiger partial charge in [0.1, 0.15) is 12.1 Å². The van der Waals surface area contributed by atoms with Crippen LogP contribution in [0.2, 0.25) is 0 Å². The molecule has 1 aliphatic carbocycles. The largest absolute Gasteiger partial charge is 0.343 e. The molecular weight excluding hydrogens is 428 g/mol. The molecule has 2 aromatic carbocycles. The molecule has 0 spiro atoms. The Hall–Kier alpha value is -3.19. The van der Waals surface area contributed by atoms with E-state index >= 15 is 0 Å². The van der Waals surface area contributed by atoms with Gasteiger partial charge in [-0.15, -0.1) is 0 Å². The molecule has 1 heterocycles.